The molecular formula is C19H12ClF3N4O2. The van der Waals surface area contributed by atoms with Crippen LogP contribution in [0.5, 0.6) is 0 Å². The summed E-state index contributed by atoms with van der Waals surface area (Å²) in [7, 11) is 0. The van der Waals surface area contributed by atoms with E-state index in [9.17, 15) is 18.0 Å². The zero-order chi connectivity index (χ0) is 20.6. The van der Waals surface area contributed by atoms with Crippen LogP contribution in [0, 0.1) is 0 Å². The number of nitrogens with one attached hydrogen (secondary N) is 1. The molecule has 1 N–H and O–H groups in total. The summed E-state index contributed by atoms with van der Waals surface area (Å²) in [4.78, 5) is 16.8. The molecule has 0 bridgehead atoms. The molecule has 1 aromatic carbocycles. The molecule has 10 heteroatoms. The van der Waals surface area contributed by atoms with E-state index in [4.69, 9.17) is 16.0 Å². The molecule has 4 rings (SSSR count). The van der Waals surface area contributed by atoms with Crippen molar-refractivity contribution in [3.63, 3.8) is 0 Å². The highest BCUT2D eigenvalue weighted by atomic mass is 35.5. The summed E-state index contributed by atoms with van der Waals surface area (Å²) in [6.07, 6.45) is -2.32. The van der Waals surface area contributed by atoms with Gasteiger partial charge in [0.25, 0.3) is 5.91 Å². The molecule has 4 aromatic rings. The van der Waals surface area contributed by atoms with Crippen molar-refractivity contribution in [3.8, 4) is 11.5 Å². The molecule has 0 saturated carbocycles. The number of halogens is 4. The number of alkyl halides is 3. The van der Waals surface area contributed by atoms with E-state index < -0.39 is 17.8 Å². The van der Waals surface area contributed by atoms with Gasteiger partial charge in [-0.1, -0.05) is 23.7 Å². The lowest BCUT2D eigenvalue weighted by atomic mass is 10.2. The molecule has 0 aliphatic carbocycles. The van der Waals surface area contributed by atoms with Crippen LogP contribution in [0.1, 0.15) is 21.6 Å². The van der Waals surface area contributed by atoms with Gasteiger partial charge in [-0.2, -0.15) is 18.3 Å². The Balaban J connectivity index is 1.72. The summed E-state index contributed by atoms with van der Waals surface area (Å²) in [5.74, 6) is -0.459. The minimum absolute atomic E-state index is 0.0536. The van der Waals surface area contributed by atoms with Crippen LogP contribution >= 0.6 is 11.6 Å². The minimum atomic E-state index is -4.70. The first-order valence-electron chi connectivity index (χ1n) is 8.35. The first-order valence-corrected chi connectivity index (χ1v) is 8.73. The van der Waals surface area contributed by atoms with Crippen molar-refractivity contribution >= 4 is 23.2 Å². The quantitative estimate of drug-likeness (QED) is 0.524. The Morgan fingerprint density at radius 3 is 2.62 bits per heavy atom. The Kier molecular flexibility index (Phi) is 4.75. The van der Waals surface area contributed by atoms with Gasteiger partial charge < -0.3 is 9.73 Å². The number of fused-ring (bicyclic) bond motifs is 1. The molecule has 3 heterocycles. The van der Waals surface area contributed by atoms with Crippen LogP contribution in [-0.4, -0.2) is 20.5 Å². The number of carbonyl (C=O) groups excluding carboxylic acids is 1. The fourth-order valence-electron chi connectivity index (χ4n) is 2.76. The van der Waals surface area contributed by atoms with E-state index in [2.05, 4.69) is 15.4 Å². The monoisotopic (exact) mass is 420 g/mol. The number of furan rings is 1. The van der Waals surface area contributed by atoms with Crippen molar-refractivity contribution < 1.29 is 22.4 Å². The summed E-state index contributed by atoms with van der Waals surface area (Å²) in [6.45, 7) is 0.164. The average Bonchev–Trinajstić information content (AvgIpc) is 3.35. The van der Waals surface area contributed by atoms with Crippen LogP contribution in [0.15, 0.2) is 59.3 Å². The zero-order valence-corrected chi connectivity index (χ0v) is 15.3. The molecule has 0 fully saturated rings. The van der Waals surface area contributed by atoms with E-state index in [1.165, 1.54) is 18.4 Å². The zero-order valence-electron chi connectivity index (χ0n) is 14.6. The van der Waals surface area contributed by atoms with Gasteiger partial charge in [-0.15, -0.1) is 0 Å². The molecule has 6 nitrogen and oxygen atoms in total. The van der Waals surface area contributed by atoms with Crippen LogP contribution < -0.4 is 5.32 Å². The van der Waals surface area contributed by atoms with Crippen molar-refractivity contribution in [1.29, 1.82) is 0 Å². The first kappa shape index (κ1) is 19.0. The maximum absolute atomic E-state index is 13.5. The van der Waals surface area contributed by atoms with Gasteiger partial charge in [0.2, 0.25) is 0 Å². The summed E-state index contributed by atoms with van der Waals surface area (Å²) in [6, 6.07) is 10.6. The number of benzene rings is 1. The smallest absolute Gasteiger partial charge is 0.433 e. The average molecular weight is 421 g/mol. The minimum Gasteiger partial charge on any atom is -0.463 e. The van der Waals surface area contributed by atoms with Gasteiger partial charge in [-0.05, 0) is 35.9 Å². The van der Waals surface area contributed by atoms with Gasteiger partial charge in [0.05, 0.1) is 12.5 Å². The Labute approximate surface area is 166 Å². The predicted molar refractivity (Wildman–Crippen MR) is 98.3 cm³/mol. The number of hydrogen-bond acceptors (Lipinski definition) is 4. The number of nitrogens with zero attached hydrogens (tertiary/aromatic N) is 3. The molecule has 0 atom stereocenters. The van der Waals surface area contributed by atoms with Crippen molar-refractivity contribution in [2.75, 3.05) is 0 Å². The third-order valence-corrected chi connectivity index (χ3v) is 4.40. The largest absolute Gasteiger partial charge is 0.463 e. The molecule has 0 spiro atoms. The molecule has 0 saturated heterocycles. The molecule has 148 valence electrons. The van der Waals surface area contributed by atoms with Crippen LogP contribution in [0.3, 0.4) is 0 Å². The summed E-state index contributed by atoms with van der Waals surface area (Å²) >= 11 is 5.82. The standard InChI is InChI=1S/C19H12ClF3N4O2/c20-12-5-3-11(4-6-12)9-24-18(28)13-10-25-27-16(19(21,22)23)8-14(26-17(13)27)15-2-1-7-29-15/h1-8,10H,9H2,(H,24,28). The molecule has 0 unspecified atom stereocenters. The van der Waals surface area contributed by atoms with E-state index in [-0.39, 0.29) is 29.2 Å². The lowest BCUT2D eigenvalue weighted by molar-refractivity contribution is -0.142. The van der Waals surface area contributed by atoms with E-state index in [1.54, 1.807) is 24.3 Å². The summed E-state index contributed by atoms with van der Waals surface area (Å²) < 4.78 is 46.3. The number of rotatable bonds is 4. The van der Waals surface area contributed by atoms with Crippen LogP contribution in [0.4, 0.5) is 13.2 Å². The number of amides is 1. The third kappa shape index (κ3) is 3.81. The molecule has 0 radical (unpaired) electrons. The molecule has 3 aromatic heterocycles. The molecule has 0 aliphatic heterocycles. The van der Waals surface area contributed by atoms with Crippen molar-refractivity contribution in [2.24, 2.45) is 0 Å². The van der Waals surface area contributed by atoms with Gasteiger partial charge in [0.1, 0.15) is 11.3 Å². The van der Waals surface area contributed by atoms with E-state index in [0.717, 1.165) is 17.8 Å². The van der Waals surface area contributed by atoms with Gasteiger partial charge in [-0.25, -0.2) is 9.50 Å². The van der Waals surface area contributed by atoms with Crippen LogP contribution in [0.2, 0.25) is 5.02 Å². The maximum atomic E-state index is 13.5. The summed E-state index contributed by atoms with van der Waals surface area (Å²) in [5, 5.41) is 6.92. The molecule has 29 heavy (non-hydrogen) atoms. The summed E-state index contributed by atoms with van der Waals surface area (Å²) in [5.41, 5.74) is -0.648. The molecule has 0 aliphatic rings. The van der Waals surface area contributed by atoms with Crippen LogP contribution in [0.25, 0.3) is 17.1 Å². The van der Waals surface area contributed by atoms with Crippen LogP contribution in [-0.2, 0) is 12.7 Å². The second-order valence-corrected chi connectivity index (χ2v) is 6.54. The van der Waals surface area contributed by atoms with Crippen molar-refractivity contribution in [1.82, 2.24) is 19.9 Å². The third-order valence-electron chi connectivity index (χ3n) is 4.15. The van der Waals surface area contributed by atoms with E-state index >= 15 is 0 Å². The number of aromatic nitrogens is 3. The highest BCUT2D eigenvalue weighted by Gasteiger charge is 2.36. The Morgan fingerprint density at radius 1 is 1.21 bits per heavy atom. The lowest BCUT2D eigenvalue weighted by Gasteiger charge is -2.10. The fraction of sp³-hybridized carbons (Fsp3) is 0.105. The van der Waals surface area contributed by atoms with E-state index in [1.807, 2.05) is 0 Å². The fourth-order valence-corrected chi connectivity index (χ4v) is 2.88. The lowest BCUT2D eigenvalue weighted by Crippen LogP contribution is -2.23. The Bertz CT molecular complexity index is 1170. The SMILES string of the molecule is O=C(NCc1ccc(Cl)cc1)c1cnn2c(C(F)(F)F)cc(-c3ccco3)nc12. The Morgan fingerprint density at radius 2 is 1.97 bits per heavy atom. The highest BCUT2D eigenvalue weighted by Crippen LogP contribution is 2.32. The normalized spacial score (nSPS) is 11.7. The Hall–Kier alpha value is -3.33. The topological polar surface area (TPSA) is 72.4 Å². The highest BCUT2D eigenvalue weighted by molar-refractivity contribution is 6.30. The number of carbonyl (C=O) groups is 1. The van der Waals surface area contributed by atoms with E-state index in [0.29, 0.717) is 9.54 Å². The van der Waals surface area contributed by atoms with Gasteiger partial charge >= 0.3 is 6.18 Å². The second-order valence-electron chi connectivity index (χ2n) is 6.10. The van der Waals surface area contributed by atoms with Crippen molar-refractivity contribution in [2.45, 2.75) is 12.7 Å². The van der Waals surface area contributed by atoms with Crippen molar-refractivity contribution in [3.05, 3.63) is 76.8 Å². The molecule has 1 amide bonds. The maximum Gasteiger partial charge on any atom is 0.433 e. The van der Waals surface area contributed by atoms with Gasteiger partial charge in [-0.3, -0.25) is 4.79 Å². The number of hydrogen-bond donors (Lipinski definition) is 1. The van der Waals surface area contributed by atoms with Gasteiger partial charge in [0, 0.05) is 11.6 Å². The second kappa shape index (κ2) is 7.25. The predicted octanol–water partition coefficient (Wildman–Crippen LogP) is 4.59. The molecular weight excluding hydrogens is 409 g/mol. The first-order chi connectivity index (χ1) is 13.8. The van der Waals surface area contributed by atoms with Gasteiger partial charge in [0.15, 0.2) is 17.1 Å².